The van der Waals surface area contributed by atoms with Gasteiger partial charge in [-0.15, -0.1) is 11.3 Å². The average Bonchev–Trinajstić information content (AvgIpc) is 2.84. The first-order valence-electron chi connectivity index (χ1n) is 6.12. The molecule has 2 N–H and O–H groups in total. The van der Waals surface area contributed by atoms with E-state index in [2.05, 4.69) is 22.5 Å². The fourth-order valence-electron chi connectivity index (χ4n) is 1.72. The summed E-state index contributed by atoms with van der Waals surface area (Å²) in [5, 5.41) is 7.04. The molecule has 0 radical (unpaired) electrons. The molecule has 0 bridgehead atoms. The molecule has 1 aromatic heterocycles. The summed E-state index contributed by atoms with van der Waals surface area (Å²) in [6.45, 7) is 3.60. The molecule has 0 unspecified atom stereocenters. The van der Waals surface area contributed by atoms with E-state index < -0.39 is 0 Å². The highest BCUT2D eigenvalue weighted by Crippen LogP contribution is 2.11. The van der Waals surface area contributed by atoms with Gasteiger partial charge in [-0.05, 0) is 24.6 Å². The summed E-state index contributed by atoms with van der Waals surface area (Å²) >= 11 is 1.71. The molecule has 19 heavy (non-hydrogen) atoms. The predicted octanol–water partition coefficient (Wildman–Crippen LogP) is 2.10. The molecule has 100 valence electrons. The number of hydrogen-bond donors (Lipinski definition) is 2. The number of aromatic nitrogens is 1. The maximum Gasteiger partial charge on any atom is 0.251 e. The Morgan fingerprint density at radius 3 is 2.58 bits per heavy atom. The quantitative estimate of drug-likeness (QED) is 0.878. The monoisotopic (exact) mass is 275 g/mol. The number of nitrogens with one attached hydrogen (secondary N) is 2. The number of amides is 1. The summed E-state index contributed by atoms with van der Waals surface area (Å²) in [4.78, 5) is 16.9. The number of carbonyl (C=O) groups excluding carboxylic acids is 1. The fourth-order valence-corrected chi connectivity index (χ4v) is 2.47. The minimum absolute atomic E-state index is 0.0576. The first-order valence-corrected chi connectivity index (χ1v) is 6.93. The molecule has 0 aliphatic carbocycles. The number of nitrogens with zero attached hydrogens (tertiary/aromatic N) is 1. The Labute approximate surface area is 116 Å². The standard InChI is InChI=1S/C14H17N3OS/c1-10-7-17-13(19-10)9-16-8-11-3-5-12(6-4-11)14(18)15-2/h3-7,16H,8-9H2,1-2H3,(H,15,18). The smallest absolute Gasteiger partial charge is 0.251 e. The zero-order chi connectivity index (χ0) is 13.7. The van der Waals surface area contributed by atoms with Crippen molar-refractivity contribution in [3.8, 4) is 0 Å². The summed E-state index contributed by atoms with van der Waals surface area (Å²) in [5.74, 6) is -0.0576. The van der Waals surface area contributed by atoms with Gasteiger partial charge in [-0.3, -0.25) is 4.79 Å². The molecular formula is C14H17N3OS. The zero-order valence-corrected chi connectivity index (χ0v) is 11.9. The Morgan fingerprint density at radius 2 is 2.00 bits per heavy atom. The van der Waals surface area contributed by atoms with Crippen LogP contribution in [0.5, 0.6) is 0 Å². The molecule has 1 heterocycles. The van der Waals surface area contributed by atoms with Crippen LogP contribution in [0.4, 0.5) is 0 Å². The topological polar surface area (TPSA) is 54.0 Å². The molecule has 0 atom stereocenters. The highest BCUT2D eigenvalue weighted by atomic mass is 32.1. The van der Waals surface area contributed by atoms with Crippen molar-refractivity contribution < 1.29 is 4.79 Å². The molecule has 1 amide bonds. The summed E-state index contributed by atoms with van der Waals surface area (Å²) in [7, 11) is 1.63. The van der Waals surface area contributed by atoms with Crippen LogP contribution in [0.15, 0.2) is 30.5 Å². The first-order chi connectivity index (χ1) is 9.19. The van der Waals surface area contributed by atoms with Crippen LogP contribution in [-0.4, -0.2) is 17.9 Å². The lowest BCUT2D eigenvalue weighted by Gasteiger charge is -2.04. The first kappa shape index (κ1) is 13.7. The van der Waals surface area contributed by atoms with Gasteiger partial charge in [-0.25, -0.2) is 4.98 Å². The van der Waals surface area contributed by atoms with Crippen molar-refractivity contribution in [3.05, 3.63) is 51.5 Å². The van der Waals surface area contributed by atoms with Crippen LogP contribution >= 0.6 is 11.3 Å². The molecular weight excluding hydrogens is 258 g/mol. The lowest BCUT2D eigenvalue weighted by molar-refractivity contribution is 0.0963. The van der Waals surface area contributed by atoms with Crippen molar-refractivity contribution in [1.29, 1.82) is 0 Å². The van der Waals surface area contributed by atoms with E-state index >= 15 is 0 Å². The lowest BCUT2D eigenvalue weighted by Crippen LogP contribution is -2.18. The van der Waals surface area contributed by atoms with Crippen molar-refractivity contribution in [2.75, 3.05) is 7.05 Å². The molecule has 0 spiro atoms. The second-order valence-corrected chi connectivity index (χ2v) is 5.56. The maximum atomic E-state index is 11.4. The van der Waals surface area contributed by atoms with Crippen LogP contribution < -0.4 is 10.6 Å². The number of aryl methyl sites for hydroxylation is 1. The Kier molecular flexibility index (Phi) is 4.65. The highest BCUT2D eigenvalue weighted by Gasteiger charge is 2.02. The second kappa shape index (κ2) is 6.45. The van der Waals surface area contributed by atoms with E-state index in [0.29, 0.717) is 5.56 Å². The van der Waals surface area contributed by atoms with Gasteiger partial charge in [0.05, 0.1) is 0 Å². The molecule has 1 aromatic carbocycles. The molecule has 4 nitrogen and oxygen atoms in total. The van der Waals surface area contributed by atoms with Gasteiger partial charge in [0.2, 0.25) is 0 Å². The maximum absolute atomic E-state index is 11.4. The third kappa shape index (κ3) is 3.87. The van der Waals surface area contributed by atoms with Crippen LogP contribution in [0.2, 0.25) is 0 Å². The Morgan fingerprint density at radius 1 is 1.26 bits per heavy atom. The summed E-state index contributed by atoms with van der Waals surface area (Å²) < 4.78 is 0. The third-order valence-electron chi connectivity index (χ3n) is 2.72. The van der Waals surface area contributed by atoms with Crippen LogP contribution in [0.1, 0.15) is 25.8 Å². The van der Waals surface area contributed by atoms with Gasteiger partial charge in [-0.2, -0.15) is 0 Å². The van der Waals surface area contributed by atoms with Crippen molar-refractivity contribution in [1.82, 2.24) is 15.6 Å². The number of rotatable bonds is 5. The lowest BCUT2D eigenvalue weighted by atomic mass is 10.1. The van der Waals surface area contributed by atoms with E-state index in [4.69, 9.17) is 0 Å². The van der Waals surface area contributed by atoms with Crippen LogP contribution in [-0.2, 0) is 13.1 Å². The third-order valence-corrected chi connectivity index (χ3v) is 3.63. The van der Waals surface area contributed by atoms with Crippen molar-refractivity contribution in [2.24, 2.45) is 0 Å². The van der Waals surface area contributed by atoms with Crippen molar-refractivity contribution in [3.63, 3.8) is 0 Å². The second-order valence-electron chi connectivity index (χ2n) is 4.24. The molecule has 5 heteroatoms. The summed E-state index contributed by atoms with van der Waals surface area (Å²) in [6.07, 6.45) is 1.89. The Hall–Kier alpha value is -1.72. The van der Waals surface area contributed by atoms with Gasteiger partial charge < -0.3 is 10.6 Å². The van der Waals surface area contributed by atoms with E-state index in [-0.39, 0.29) is 5.91 Å². The molecule has 0 aliphatic heterocycles. The normalized spacial score (nSPS) is 10.4. The minimum Gasteiger partial charge on any atom is -0.355 e. The fraction of sp³-hybridized carbons (Fsp3) is 0.286. The zero-order valence-electron chi connectivity index (χ0n) is 11.1. The van der Waals surface area contributed by atoms with Gasteiger partial charge in [0.1, 0.15) is 5.01 Å². The minimum atomic E-state index is -0.0576. The van der Waals surface area contributed by atoms with Crippen molar-refractivity contribution >= 4 is 17.2 Å². The van der Waals surface area contributed by atoms with E-state index in [9.17, 15) is 4.79 Å². The van der Waals surface area contributed by atoms with Gasteiger partial charge in [0, 0.05) is 36.8 Å². The number of benzene rings is 1. The van der Waals surface area contributed by atoms with E-state index in [1.807, 2.05) is 30.5 Å². The number of carbonyl (C=O) groups is 1. The highest BCUT2D eigenvalue weighted by molar-refractivity contribution is 7.11. The molecule has 2 rings (SSSR count). The van der Waals surface area contributed by atoms with Crippen LogP contribution in [0, 0.1) is 6.92 Å². The molecule has 0 saturated carbocycles. The number of hydrogen-bond acceptors (Lipinski definition) is 4. The predicted molar refractivity (Wildman–Crippen MR) is 77.2 cm³/mol. The molecule has 2 aromatic rings. The Bertz CT molecular complexity index is 548. The number of thiazole rings is 1. The SMILES string of the molecule is CNC(=O)c1ccc(CNCc2ncc(C)s2)cc1. The molecule has 0 saturated heterocycles. The van der Waals surface area contributed by atoms with E-state index in [1.54, 1.807) is 18.4 Å². The largest absolute Gasteiger partial charge is 0.355 e. The molecule has 0 fully saturated rings. The van der Waals surface area contributed by atoms with Crippen LogP contribution in [0.3, 0.4) is 0 Å². The van der Waals surface area contributed by atoms with E-state index in [1.165, 1.54) is 4.88 Å². The van der Waals surface area contributed by atoms with E-state index in [0.717, 1.165) is 23.7 Å². The van der Waals surface area contributed by atoms with Gasteiger partial charge >= 0.3 is 0 Å². The summed E-state index contributed by atoms with van der Waals surface area (Å²) in [6, 6.07) is 7.60. The summed E-state index contributed by atoms with van der Waals surface area (Å²) in [5.41, 5.74) is 1.84. The van der Waals surface area contributed by atoms with Gasteiger partial charge in [0.15, 0.2) is 0 Å². The van der Waals surface area contributed by atoms with Gasteiger partial charge in [-0.1, -0.05) is 12.1 Å². The van der Waals surface area contributed by atoms with Crippen molar-refractivity contribution in [2.45, 2.75) is 20.0 Å². The Balaban J connectivity index is 1.84. The molecule has 0 aliphatic rings. The van der Waals surface area contributed by atoms with Gasteiger partial charge in [0.25, 0.3) is 5.91 Å². The average molecular weight is 275 g/mol. The van der Waals surface area contributed by atoms with Crippen LogP contribution in [0.25, 0.3) is 0 Å².